The second-order valence-electron chi connectivity index (χ2n) is 5.17. The van der Waals surface area contributed by atoms with E-state index in [9.17, 15) is 4.79 Å². The molecule has 1 amide bonds. The summed E-state index contributed by atoms with van der Waals surface area (Å²) >= 11 is 1.70. The normalized spacial score (nSPS) is 11.3. The van der Waals surface area contributed by atoms with Gasteiger partial charge >= 0.3 is 0 Å². The Kier molecular flexibility index (Phi) is 5.69. The van der Waals surface area contributed by atoms with E-state index in [1.807, 2.05) is 44.4 Å². The summed E-state index contributed by atoms with van der Waals surface area (Å²) in [4.78, 5) is 13.0. The number of carbonyl (C=O) groups is 1. The number of benzene rings is 1. The van der Waals surface area contributed by atoms with Crippen LogP contribution in [0.5, 0.6) is 0 Å². The lowest BCUT2D eigenvalue weighted by atomic mass is 9.94. The van der Waals surface area contributed by atoms with Crippen molar-refractivity contribution in [2.75, 3.05) is 19.3 Å². The van der Waals surface area contributed by atoms with Crippen molar-refractivity contribution < 1.29 is 4.79 Å². The molecular weight excluding hydrogens is 244 g/mol. The molecule has 1 aromatic carbocycles. The Labute approximate surface area is 114 Å². The van der Waals surface area contributed by atoms with Gasteiger partial charge in [0.25, 0.3) is 0 Å². The lowest BCUT2D eigenvalue weighted by molar-refractivity contribution is -0.120. The molecule has 1 aromatic rings. The van der Waals surface area contributed by atoms with Crippen LogP contribution in [-0.4, -0.2) is 25.3 Å². The molecule has 0 saturated heterocycles. The molecule has 0 heterocycles. The van der Waals surface area contributed by atoms with Crippen LogP contribution in [-0.2, 0) is 11.2 Å². The molecule has 3 nitrogen and oxygen atoms in total. The van der Waals surface area contributed by atoms with E-state index >= 15 is 0 Å². The van der Waals surface area contributed by atoms with Gasteiger partial charge < -0.3 is 11.1 Å². The average Bonchev–Trinajstić information content (AvgIpc) is 2.37. The third kappa shape index (κ3) is 5.10. The number of nitrogens with two attached hydrogens (primary N) is 1. The van der Waals surface area contributed by atoms with Gasteiger partial charge in [-0.25, -0.2) is 0 Å². The average molecular weight is 266 g/mol. The number of carbonyl (C=O) groups excluding carboxylic acids is 1. The minimum Gasteiger partial charge on any atom is -0.355 e. The fourth-order valence-electron chi connectivity index (χ4n) is 1.40. The molecule has 0 aliphatic carbocycles. The van der Waals surface area contributed by atoms with Crippen LogP contribution in [0.15, 0.2) is 29.2 Å². The van der Waals surface area contributed by atoms with E-state index in [-0.39, 0.29) is 11.3 Å². The molecule has 0 spiro atoms. The van der Waals surface area contributed by atoms with Crippen molar-refractivity contribution in [1.82, 2.24) is 5.32 Å². The summed E-state index contributed by atoms with van der Waals surface area (Å²) in [5.41, 5.74) is 6.62. The predicted molar refractivity (Wildman–Crippen MR) is 77.8 cm³/mol. The number of hydrogen-bond acceptors (Lipinski definition) is 3. The molecule has 0 atom stereocenters. The fraction of sp³-hybridized carbons (Fsp3) is 0.500. The van der Waals surface area contributed by atoms with Crippen LogP contribution in [0, 0.1) is 5.41 Å². The van der Waals surface area contributed by atoms with Crippen molar-refractivity contribution in [3.05, 3.63) is 29.8 Å². The van der Waals surface area contributed by atoms with Crippen molar-refractivity contribution in [2.24, 2.45) is 11.1 Å². The quantitative estimate of drug-likeness (QED) is 0.775. The molecule has 100 valence electrons. The molecule has 18 heavy (non-hydrogen) atoms. The zero-order valence-corrected chi connectivity index (χ0v) is 12.1. The van der Waals surface area contributed by atoms with E-state index in [1.54, 1.807) is 11.8 Å². The van der Waals surface area contributed by atoms with Gasteiger partial charge in [-0.2, -0.15) is 0 Å². The number of rotatable bonds is 6. The molecule has 0 aromatic heterocycles. The summed E-state index contributed by atoms with van der Waals surface area (Å²) in [7, 11) is 0. The van der Waals surface area contributed by atoms with Gasteiger partial charge in [0.05, 0.1) is 6.42 Å². The van der Waals surface area contributed by atoms with Crippen molar-refractivity contribution in [2.45, 2.75) is 25.2 Å². The van der Waals surface area contributed by atoms with Gasteiger partial charge in [0.2, 0.25) is 5.91 Å². The Balaban J connectivity index is 2.44. The van der Waals surface area contributed by atoms with E-state index < -0.39 is 0 Å². The van der Waals surface area contributed by atoms with Crippen molar-refractivity contribution in [1.29, 1.82) is 0 Å². The first-order chi connectivity index (χ1) is 8.46. The summed E-state index contributed by atoms with van der Waals surface area (Å²) in [5.74, 6) is 0.0495. The van der Waals surface area contributed by atoms with Crippen LogP contribution in [0.2, 0.25) is 0 Å². The second kappa shape index (κ2) is 6.81. The monoisotopic (exact) mass is 266 g/mol. The molecule has 0 bridgehead atoms. The van der Waals surface area contributed by atoms with E-state index in [2.05, 4.69) is 5.32 Å². The van der Waals surface area contributed by atoms with E-state index in [1.165, 1.54) is 4.90 Å². The van der Waals surface area contributed by atoms with Gasteiger partial charge in [-0.05, 0) is 35.9 Å². The molecule has 0 aliphatic heterocycles. The maximum atomic E-state index is 11.8. The Hall–Kier alpha value is -1.00. The van der Waals surface area contributed by atoms with Gasteiger partial charge in [-0.15, -0.1) is 11.8 Å². The van der Waals surface area contributed by atoms with Gasteiger partial charge in [-0.3, -0.25) is 4.79 Å². The zero-order chi connectivity index (χ0) is 13.6. The van der Waals surface area contributed by atoms with Gasteiger partial charge in [0.15, 0.2) is 0 Å². The maximum Gasteiger partial charge on any atom is 0.224 e. The molecule has 4 heteroatoms. The highest BCUT2D eigenvalue weighted by Gasteiger charge is 2.16. The summed E-state index contributed by atoms with van der Waals surface area (Å²) in [6.07, 6.45) is 2.46. The molecular formula is C14H22N2OS. The van der Waals surface area contributed by atoms with Crippen LogP contribution >= 0.6 is 11.8 Å². The first-order valence-electron chi connectivity index (χ1n) is 6.06. The highest BCUT2D eigenvalue weighted by Crippen LogP contribution is 2.15. The summed E-state index contributed by atoms with van der Waals surface area (Å²) in [6.45, 7) is 5.27. The Bertz CT molecular complexity index is 387. The topological polar surface area (TPSA) is 55.1 Å². The molecule has 0 saturated carbocycles. The highest BCUT2D eigenvalue weighted by molar-refractivity contribution is 7.98. The first kappa shape index (κ1) is 15.1. The third-order valence-corrected chi connectivity index (χ3v) is 3.58. The number of thioether (sulfide) groups is 1. The highest BCUT2D eigenvalue weighted by atomic mass is 32.2. The van der Waals surface area contributed by atoms with Crippen LogP contribution in [0.3, 0.4) is 0 Å². The molecule has 1 rings (SSSR count). The minimum absolute atomic E-state index is 0.0433. The second-order valence-corrected chi connectivity index (χ2v) is 6.05. The Morgan fingerprint density at radius 3 is 2.44 bits per heavy atom. The fourth-order valence-corrected chi connectivity index (χ4v) is 1.81. The van der Waals surface area contributed by atoms with Crippen LogP contribution in [0.4, 0.5) is 0 Å². The first-order valence-corrected chi connectivity index (χ1v) is 7.29. The standard InChI is InChI=1S/C14H22N2OS/c1-14(2,9-15)10-16-13(17)8-11-4-6-12(18-3)7-5-11/h4-7H,8-10,15H2,1-3H3,(H,16,17). The van der Waals surface area contributed by atoms with E-state index in [0.717, 1.165) is 5.56 Å². The lowest BCUT2D eigenvalue weighted by Gasteiger charge is -2.22. The zero-order valence-electron chi connectivity index (χ0n) is 11.3. The summed E-state index contributed by atoms with van der Waals surface area (Å²) in [6, 6.07) is 8.08. The van der Waals surface area contributed by atoms with Crippen molar-refractivity contribution in [3.8, 4) is 0 Å². The lowest BCUT2D eigenvalue weighted by Crippen LogP contribution is -2.39. The smallest absolute Gasteiger partial charge is 0.224 e. The van der Waals surface area contributed by atoms with Crippen LogP contribution < -0.4 is 11.1 Å². The maximum absolute atomic E-state index is 11.8. The largest absolute Gasteiger partial charge is 0.355 e. The number of hydrogen-bond donors (Lipinski definition) is 2. The molecule has 0 aliphatic rings. The Morgan fingerprint density at radius 2 is 1.94 bits per heavy atom. The molecule has 3 N–H and O–H groups in total. The van der Waals surface area contributed by atoms with Gasteiger partial charge in [0.1, 0.15) is 0 Å². The van der Waals surface area contributed by atoms with E-state index in [4.69, 9.17) is 5.73 Å². The predicted octanol–water partition coefficient (Wildman–Crippen LogP) is 2.05. The molecule has 0 unspecified atom stereocenters. The third-order valence-electron chi connectivity index (χ3n) is 2.84. The van der Waals surface area contributed by atoms with E-state index in [0.29, 0.717) is 19.5 Å². The Morgan fingerprint density at radius 1 is 1.33 bits per heavy atom. The number of nitrogens with one attached hydrogen (secondary N) is 1. The van der Waals surface area contributed by atoms with Crippen molar-refractivity contribution >= 4 is 17.7 Å². The van der Waals surface area contributed by atoms with Gasteiger partial charge in [0, 0.05) is 11.4 Å². The summed E-state index contributed by atoms with van der Waals surface area (Å²) < 4.78 is 0. The summed E-state index contributed by atoms with van der Waals surface area (Å²) in [5, 5.41) is 2.93. The molecule has 0 fully saturated rings. The number of amides is 1. The van der Waals surface area contributed by atoms with Crippen LogP contribution in [0.1, 0.15) is 19.4 Å². The van der Waals surface area contributed by atoms with Crippen molar-refractivity contribution in [3.63, 3.8) is 0 Å². The SMILES string of the molecule is CSc1ccc(CC(=O)NCC(C)(C)CN)cc1. The minimum atomic E-state index is -0.0433. The molecule has 0 radical (unpaired) electrons. The van der Waals surface area contributed by atoms with Gasteiger partial charge in [-0.1, -0.05) is 26.0 Å². The van der Waals surface area contributed by atoms with Crippen LogP contribution in [0.25, 0.3) is 0 Å².